The highest BCUT2D eigenvalue weighted by Crippen LogP contribution is 1.91. The van der Waals surface area contributed by atoms with Gasteiger partial charge in [0.15, 0.2) is 0 Å². The van der Waals surface area contributed by atoms with Crippen molar-refractivity contribution < 1.29 is 9.59 Å². The van der Waals surface area contributed by atoms with E-state index < -0.39 is 11.9 Å². The number of carbonyl (C=O) groups excluding carboxylic acids is 2. The number of nitrogens with two attached hydrogens (primary N) is 1. The van der Waals surface area contributed by atoms with Gasteiger partial charge in [-0.15, -0.1) is 16.5 Å². The third-order valence-electron chi connectivity index (χ3n) is 1.06. The fourth-order valence-electron chi connectivity index (χ4n) is 0.494. The van der Waals surface area contributed by atoms with E-state index in [1.165, 1.54) is 0 Å². The molecule has 0 aliphatic rings. The lowest BCUT2D eigenvalue weighted by atomic mass is 10.6. The highest BCUT2D eigenvalue weighted by Gasteiger charge is 2.14. The van der Waals surface area contributed by atoms with Crippen LogP contribution in [0.5, 0.6) is 0 Å². The summed E-state index contributed by atoms with van der Waals surface area (Å²) >= 11 is 5.26. The van der Waals surface area contributed by atoms with Crippen LogP contribution in [0.25, 0.3) is 0 Å². The van der Waals surface area contributed by atoms with Crippen LogP contribution in [0.1, 0.15) is 0 Å². The van der Waals surface area contributed by atoms with Gasteiger partial charge in [-0.05, 0) is 0 Å². The molecule has 0 rings (SSSR count). The Morgan fingerprint density at radius 2 is 2.15 bits per heavy atom. The molecule has 0 aromatic heterocycles. The second-order valence-corrected chi connectivity index (χ2v) is 2.33. The normalized spacial score (nSPS) is 9.08. The average Bonchev–Trinajstić information content (AvgIpc) is 2.13. The van der Waals surface area contributed by atoms with Crippen LogP contribution >= 0.6 is 11.6 Å². The SMILES string of the molecule is NCC(=O)NC(=O)N(CCCl)N=O. The third-order valence-corrected chi connectivity index (χ3v) is 1.23. The van der Waals surface area contributed by atoms with Gasteiger partial charge in [0.2, 0.25) is 5.91 Å². The Morgan fingerprint density at radius 1 is 1.54 bits per heavy atom. The second-order valence-electron chi connectivity index (χ2n) is 1.95. The largest absolute Gasteiger partial charge is 0.347 e. The third kappa shape index (κ3) is 4.38. The summed E-state index contributed by atoms with van der Waals surface area (Å²) in [4.78, 5) is 31.5. The van der Waals surface area contributed by atoms with Crippen molar-refractivity contribution in [2.75, 3.05) is 19.0 Å². The highest BCUT2D eigenvalue weighted by atomic mass is 35.5. The fraction of sp³-hybridized carbons (Fsp3) is 0.600. The summed E-state index contributed by atoms with van der Waals surface area (Å²) < 4.78 is 0. The molecule has 8 heteroatoms. The molecule has 0 aromatic rings. The topological polar surface area (TPSA) is 105 Å². The number of halogens is 1. The summed E-state index contributed by atoms with van der Waals surface area (Å²) in [7, 11) is 0. The van der Waals surface area contributed by atoms with Crippen LogP contribution in [0.4, 0.5) is 4.79 Å². The van der Waals surface area contributed by atoms with Crippen molar-refractivity contribution in [1.82, 2.24) is 10.3 Å². The van der Waals surface area contributed by atoms with E-state index in [-0.39, 0.29) is 19.0 Å². The van der Waals surface area contributed by atoms with Crippen molar-refractivity contribution in [2.24, 2.45) is 11.0 Å². The summed E-state index contributed by atoms with van der Waals surface area (Å²) in [5.41, 5.74) is 4.92. The van der Waals surface area contributed by atoms with Crippen molar-refractivity contribution in [1.29, 1.82) is 0 Å². The minimum absolute atomic E-state index is 0.0516. The van der Waals surface area contributed by atoms with Crippen molar-refractivity contribution in [3.05, 3.63) is 4.91 Å². The van der Waals surface area contributed by atoms with Gasteiger partial charge in [-0.1, -0.05) is 0 Å². The maximum absolute atomic E-state index is 10.9. The second kappa shape index (κ2) is 6.32. The minimum atomic E-state index is -0.925. The summed E-state index contributed by atoms with van der Waals surface area (Å²) in [6, 6.07) is -0.925. The lowest BCUT2D eigenvalue weighted by Crippen LogP contribution is -2.43. The van der Waals surface area contributed by atoms with Crippen LogP contribution in [0, 0.1) is 4.91 Å². The summed E-state index contributed by atoms with van der Waals surface area (Å²) in [6.07, 6.45) is 0. The molecule has 0 radical (unpaired) electrons. The molecule has 0 spiro atoms. The van der Waals surface area contributed by atoms with Gasteiger partial charge in [0.05, 0.1) is 18.4 Å². The number of hydrogen-bond acceptors (Lipinski definition) is 5. The van der Waals surface area contributed by atoms with E-state index in [1.807, 2.05) is 5.32 Å². The number of rotatable bonds is 4. The first-order chi connectivity index (χ1) is 6.15. The molecule has 13 heavy (non-hydrogen) atoms. The molecular formula is C5H9ClN4O3. The molecule has 0 saturated carbocycles. The zero-order chi connectivity index (χ0) is 10.3. The number of imide groups is 1. The number of nitrogens with one attached hydrogen (secondary N) is 1. The molecule has 3 N–H and O–H groups in total. The summed E-state index contributed by atoms with van der Waals surface area (Å²) in [5.74, 6) is -0.635. The minimum Gasteiger partial charge on any atom is -0.322 e. The zero-order valence-corrected chi connectivity index (χ0v) is 7.45. The first kappa shape index (κ1) is 11.8. The molecular weight excluding hydrogens is 200 g/mol. The van der Waals surface area contributed by atoms with Crippen LogP contribution < -0.4 is 11.1 Å². The number of nitroso groups, excluding NO2 is 1. The van der Waals surface area contributed by atoms with Crippen LogP contribution in [0.15, 0.2) is 5.29 Å². The molecule has 0 unspecified atom stereocenters. The Hall–Kier alpha value is -1.21. The Bertz CT molecular complexity index is 210. The van der Waals surface area contributed by atoms with Gasteiger partial charge >= 0.3 is 6.03 Å². The number of urea groups is 1. The molecule has 0 heterocycles. The number of carbonyl (C=O) groups is 2. The van der Waals surface area contributed by atoms with Gasteiger partial charge in [-0.2, -0.15) is 5.01 Å². The molecule has 0 bridgehead atoms. The van der Waals surface area contributed by atoms with Gasteiger partial charge in [0.1, 0.15) is 0 Å². The Kier molecular flexibility index (Phi) is 5.73. The van der Waals surface area contributed by atoms with E-state index in [2.05, 4.69) is 5.29 Å². The van der Waals surface area contributed by atoms with Gasteiger partial charge in [-0.25, -0.2) is 4.79 Å². The smallest absolute Gasteiger partial charge is 0.322 e. The molecule has 0 atom stereocenters. The van der Waals surface area contributed by atoms with Crippen molar-refractivity contribution in [2.45, 2.75) is 0 Å². The standard InChI is InChI=1S/C5H9ClN4O3/c6-1-2-10(9-13)5(12)8-4(11)3-7/h1-3,7H2,(H,8,11,12). The molecule has 0 aliphatic heterocycles. The average molecular weight is 209 g/mol. The quantitative estimate of drug-likeness (QED) is 0.366. The lowest BCUT2D eigenvalue weighted by Gasteiger charge is -2.10. The van der Waals surface area contributed by atoms with E-state index in [4.69, 9.17) is 17.3 Å². The Morgan fingerprint density at radius 3 is 2.54 bits per heavy atom. The van der Waals surface area contributed by atoms with Gasteiger partial charge in [-0.3, -0.25) is 10.1 Å². The predicted molar refractivity (Wildman–Crippen MR) is 45.8 cm³/mol. The highest BCUT2D eigenvalue weighted by molar-refractivity contribution is 6.18. The van der Waals surface area contributed by atoms with Gasteiger partial charge < -0.3 is 5.73 Å². The van der Waals surface area contributed by atoms with Crippen LogP contribution in [-0.2, 0) is 4.79 Å². The first-order valence-electron chi connectivity index (χ1n) is 3.36. The Labute approximate surface area is 79.1 Å². The summed E-state index contributed by atoms with van der Waals surface area (Å²) in [6.45, 7) is -0.395. The van der Waals surface area contributed by atoms with Crippen molar-refractivity contribution >= 4 is 23.5 Å². The fourth-order valence-corrected chi connectivity index (χ4v) is 0.654. The van der Waals surface area contributed by atoms with E-state index in [0.717, 1.165) is 0 Å². The maximum Gasteiger partial charge on any atom is 0.347 e. The van der Waals surface area contributed by atoms with Crippen LogP contribution in [0.3, 0.4) is 0 Å². The van der Waals surface area contributed by atoms with Crippen LogP contribution in [0.2, 0.25) is 0 Å². The van der Waals surface area contributed by atoms with E-state index >= 15 is 0 Å². The molecule has 0 aliphatic carbocycles. The monoisotopic (exact) mass is 208 g/mol. The molecule has 0 fully saturated rings. The molecule has 74 valence electrons. The van der Waals surface area contributed by atoms with E-state index in [9.17, 15) is 14.5 Å². The number of amides is 3. The lowest BCUT2D eigenvalue weighted by molar-refractivity contribution is -0.118. The van der Waals surface area contributed by atoms with Gasteiger partial charge in [0, 0.05) is 5.88 Å². The van der Waals surface area contributed by atoms with Crippen molar-refractivity contribution in [3.8, 4) is 0 Å². The predicted octanol–water partition coefficient (Wildman–Crippen LogP) is -0.597. The maximum atomic E-state index is 10.9. The van der Waals surface area contributed by atoms with E-state index in [1.54, 1.807) is 0 Å². The number of hydrogen-bond donors (Lipinski definition) is 2. The van der Waals surface area contributed by atoms with E-state index in [0.29, 0.717) is 5.01 Å². The molecule has 7 nitrogen and oxygen atoms in total. The van der Waals surface area contributed by atoms with Crippen molar-refractivity contribution in [3.63, 3.8) is 0 Å². The Balaban J connectivity index is 4.05. The van der Waals surface area contributed by atoms with Crippen LogP contribution in [-0.4, -0.2) is 35.9 Å². The summed E-state index contributed by atoms with van der Waals surface area (Å²) in [5, 5.41) is 4.70. The van der Waals surface area contributed by atoms with Gasteiger partial charge in [0.25, 0.3) is 0 Å². The first-order valence-corrected chi connectivity index (χ1v) is 3.89. The molecule has 0 aromatic carbocycles. The zero-order valence-electron chi connectivity index (χ0n) is 6.70. The number of nitrogens with zero attached hydrogens (tertiary/aromatic N) is 2. The molecule has 0 saturated heterocycles. The molecule has 3 amide bonds. The number of alkyl halides is 1.